The molecule has 0 aliphatic carbocycles. The molecule has 0 radical (unpaired) electrons. The number of para-hydroxylation sites is 2. The monoisotopic (exact) mass is 423 g/mol. The van der Waals surface area contributed by atoms with Crippen molar-refractivity contribution >= 4 is 55.2 Å². The van der Waals surface area contributed by atoms with Gasteiger partial charge in [-0.3, -0.25) is 9.78 Å². The van der Waals surface area contributed by atoms with Gasteiger partial charge in [0.1, 0.15) is 5.69 Å². The first-order chi connectivity index (χ1) is 14.1. The predicted octanol–water partition coefficient (Wildman–Crippen LogP) is 4.16. The van der Waals surface area contributed by atoms with E-state index in [1.807, 2.05) is 48.2 Å². The average molecular weight is 424 g/mol. The number of rotatable bonds is 2. The second-order valence-electron chi connectivity index (χ2n) is 7.04. The lowest BCUT2D eigenvalue weighted by atomic mass is 10.2. The number of piperazine rings is 1. The summed E-state index contributed by atoms with van der Waals surface area (Å²) in [5, 5.41) is 1.71. The number of thiazole rings is 1. The first-order valence-corrected chi connectivity index (χ1v) is 10.6. The molecule has 0 saturated carbocycles. The van der Waals surface area contributed by atoms with Crippen molar-refractivity contribution in [3.8, 4) is 0 Å². The molecular formula is C21H18ClN5OS. The van der Waals surface area contributed by atoms with Crippen LogP contribution in [0.1, 0.15) is 16.1 Å². The minimum absolute atomic E-state index is 0.0742. The van der Waals surface area contributed by atoms with Crippen LogP contribution in [0.25, 0.3) is 21.3 Å². The Morgan fingerprint density at radius 1 is 1.03 bits per heavy atom. The van der Waals surface area contributed by atoms with Crippen molar-refractivity contribution < 1.29 is 4.79 Å². The summed E-state index contributed by atoms with van der Waals surface area (Å²) in [6, 6.07) is 11.5. The molecule has 2 aromatic heterocycles. The van der Waals surface area contributed by atoms with E-state index in [1.165, 1.54) is 0 Å². The summed E-state index contributed by atoms with van der Waals surface area (Å²) in [5.41, 5.74) is 3.89. The van der Waals surface area contributed by atoms with E-state index in [0.29, 0.717) is 18.8 Å². The van der Waals surface area contributed by atoms with Crippen LogP contribution >= 0.6 is 22.9 Å². The standard InChI is InChI=1S/C21H18ClN5OS/c1-13-14(22)6-7-18-19(13)25-21(29-18)27-10-8-26(9-11-27)20(28)17-12-23-15-4-2-3-5-16(15)24-17/h2-7,12H,8-11H2,1H3. The van der Waals surface area contributed by atoms with E-state index >= 15 is 0 Å². The number of anilines is 1. The molecule has 0 unspecified atom stereocenters. The van der Waals surface area contributed by atoms with Crippen LogP contribution < -0.4 is 4.90 Å². The van der Waals surface area contributed by atoms with Crippen LogP contribution in [0, 0.1) is 6.92 Å². The van der Waals surface area contributed by atoms with Gasteiger partial charge in [-0.15, -0.1) is 0 Å². The lowest BCUT2D eigenvalue weighted by Crippen LogP contribution is -2.49. The van der Waals surface area contributed by atoms with E-state index in [2.05, 4.69) is 14.9 Å². The third-order valence-electron chi connectivity index (χ3n) is 5.24. The smallest absolute Gasteiger partial charge is 0.274 e. The van der Waals surface area contributed by atoms with Crippen molar-refractivity contribution in [1.82, 2.24) is 19.9 Å². The largest absolute Gasteiger partial charge is 0.345 e. The summed E-state index contributed by atoms with van der Waals surface area (Å²) >= 11 is 7.89. The number of carbonyl (C=O) groups is 1. The van der Waals surface area contributed by atoms with Gasteiger partial charge in [0.05, 0.1) is 27.4 Å². The molecule has 4 aromatic rings. The molecular weight excluding hydrogens is 406 g/mol. The molecule has 1 aliphatic rings. The maximum atomic E-state index is 12.9. The second kappa shape index (κ2) is 7.24. The Balaban J connectivity index is 1.32. The van der Waals surface area contributed by atoms with Crippen molar-refractivity contribution in [1.29, 1.82) is 0 Å². The third kappa shape index (κ3) is 3.30. The molecule has 2 aromatic carbocycles. The molecule has 0 atom stereocenters. The van der Waals surface area contributed by atoms with Crippen molar-refractivity contribution in [2.24, 2.45) is 0 Å². The van der Waals surface area contributed by atoms with Crippen molar-refractivity contribution in [2.75, 3.05) is 31.1 Å². The molecule has 1 aliphatic heterocycles. The second-order valence-corrected chi connectivity index (χ2v) is 8.46. The lowest BCUT2D eigenvalue weighted by Gasteiger charge is -2.34. The van der Waals surface area contributed by atoms with Crippen LogP contribution in [-0.4, -0.2) is 51.9 Å². The average Bonchev–Trinajstić information content (AvgIpc) is 3.21. The molecule has 1 amide bonds. The van der Waals surface area contributed by atoms with E-state index in [9.17, 15) is 4.79 Å². The zero-order valence-corrected chi connectivity index (χ0v) is 17.4. The van der Waals surface area contributed by atoms with Crippen molar-refractivity contribution in [3.63, 3.8) is 0 Å². The van der Waals surface area contributed by atoms with Gasteiger partial charge < -0.3 is 9.80 Å². The number of halogens is 1. The summed E-state index contributed by atoms with van der Waals surface area (Å²) in [6.07, 6.45) is 1.57. The highest BCUT2D eigenvalue weighted by Gasteiger charge is 2.25. The molecule has 0 bridgehead atoms. The van der Waals surface area contributed by atoms with E-state index < -0.39 is 0 Å². The lowest BCUT2D eigenvalue weighted by molar-refractivity contribution is 0.0741. The maximum absolute atomic E-state index is 12.9. The number of hydrogen-bond donors (Lipinski definition) is 0. The summed E-state index contributed by atoms with van der Waals surface area (Å²) in [7, 11) is 0. The first-order valence-electron chi connectivity index (χ1n) is 9.42. The van der Waals surface area contributed by atoms with Gasteiger partial charge in [0.2, 0.25) is 0 Å². The highest BCUT2D eigenvalue weighted by atomic mass is 35.5. The number of aromatic nitrogens is 3. The fourth-order valence-corrected chi connectivity index (χ4v) is 4.78. The quantitative estimate of drug-likeness (QED) is 0.484. The number of carbonyl (C=O) groups excluding carboxylic acids is 1. The minimum atomic E-state index is -0.0742. The summed E-state index contributed by atoms with van der Waals surface area (Å²) in [6.45, 7) is 4.72. The molecule has 1 fully saturated rings. The zero-order valence-electron chi connectivity index (χ0n) is 15.8. The molecule has 146 valence electrons. The van der Waals surface area contributed by atoms with Gasteiger partial charge in [0.15, 0.2) is 5.13 Å². The van der Waals surface area contributed by atoms with Crippen LogP contribution in [-0.2, 0) is 0 Å². The summed E-state index contributed by atoms with van der Waals surface area (Å²) in [5.74, 6) is -0.0742. The van der Waals surface area contributed by atoms with Crippen LogP contribution in [0.4, 0.5) is 5.13 Å². The number of fused-ring (bicyclic) bond motifs is 2. The molecule has 1 saturated heterocycles. The normalized spacial score (nSPS) is 14.7. The predicted molar refractivity (Wildman–Crippen MR) is 117 cm³/mol. The van der Waals surface area contributed by atoms with E-state index in [0.717, 1.165) is 50.1 Å². The maximum Gasteiger partial charge on any atom is 0.274 e. The fourth-order valence-electron chi connectivity index (χ4n) is 3.55. The van der Waals surface area contributed by atoms with Crippen LogP contribution in [0.2, 0.25) is 5.02 Å². The number of benzene rings is 2. The van der Waals surface area contributed by atoms with Crippen LogP contribution in [0.5, 0.6) is 0 Å². The van der Waals surface area contributed by atoms with E-state index in [-0.39, 0.29) is 5.91 Å². The molecule has 0 spiro atoms. The van der Waals surface area contributed by atoms with Gasteiger partial charge in [-0.2, -0.15) is 0 Å². The Labute approximate surface area is 176 Å². The van der Waals surface area contributed by atoms with Crippen molar-refractivity contribution in [3.05, 3.63) is 58.9 Å². The van der Waals surface area contributed by atoms with Crippen LogP contribution in [0.3, 0.4) is 0 Å². The van der Waals surface area contributed by atoms with Crippen molar-refractivity contribution in [2.45, 2.75) is 6.92 Å². The fraction of sp³-hybridized carbons (Fsp3) is 0.238. The van der Waals surface area contributed by atoms with Gasteiger partial charge >= 0.3 is 0 Å². The molecule has 3 heterocycles. The molecule has 6 nitrogen and oxygen atoms in total. The number of hydrogen-bond acceptors (Lipinski definition) is 6. The molecule has 29 heavy (non-hydrogen) atoms. The van der Waals surface area contributed by atoms with E-state index in [4.69, 9.17) is 16.6 Å². The molecule has 0 N–H and O–H groups in total. The Morgan fingerprint density at radius 2 is 1.79 bits per heavy atom. The number of aryl methyl sites for hydroxylation is 1. The summed E-state index contributed by atoms with van der Waals surface area (Å²) < 4.78 is 1.13. The van der Waals surface area contributed by atoms with Gasteiger partial charge in [-0.25, -0.2) is 9.97 Å². The van der Waals surface area contributed by atoms with E-state index in [1.54, 1.807) is 17.5 Å². The highest BCUT2D eigenvalue weighted by Crippen LogP contribution is 2.33. The Hall–Kier alpha value is -2.77. The Kier molecular flexibility index (Phi) is 4.56. The Bertz CT molecular complexity index is 1230. The molecule has 8 heteroatoms. The number of amides is 1. The Morgan fingerprint density at radius 3 is 2.59 bits per heavy atom. The SMILES string of the molecule is Cc1c(Cl)ccc2sc(N3CCN(C(=O)c4cnc5ccccc5n4)CC3)nc12. The van der Waals surface area contributed by atoms with Crippen LogP contribution in [0.15, 0.2) is 42.6 Å². The number of nitrogens with zero attached hydrogens (tertiary/aromatic N) is 5. The first kappa shape index (κ1) is 18.3. The third-order valence-corrected chi connectivity index (χ3v) is 6.73. The van der Waals surface area contributed by atoms with Gasteiger partial charge in [-0.1, -0.05) is 35.1 Å². The van der Waals surface area contributed by atoms with Gasteiger partial charge in [0.25, 0.3) is 5.91 Å². The summed E-state index contributed by atoms with van der Waals surface area (Å²) in [4.78, 5) is 30.6. The van der Waals surface area contributed by atoms with Gasteiger partial charge in [-0.05, 0) is 36.8 Å². The zero-order chi connectivity index (χ0) is 20.0. The minimum Gasteiger partial charge on any atom is -0.345 e. The van der Waals surface area contributed by atoms with Gasteiger partial charge in [0, 0.05) is 31.2 Å². The topological polar surface area (TPSA) is 62.2 Å². The molecule has 5 rings (SSSR count). The highest BCUT2D eigenvalue weighted by molar-refractivity contribution is 7.22.